The van der Waals surface area contributed by atoms with E-state index in [1.807, 2.05) is 12.4 Å². The molecule has 0 radical (unpaired) electrons. The number of aromatic nitrogens is 2. The molecule has 1 unspecified atom stereocenters. The molecular weight excluding hydrogens is 198 g/mol. The Morgan fingerprint density at radius 3 is 2.94 bits per heavy atom. The summed E-state index contributed by atoms with van der Waals surface area (Å²) >= 11 is 0. The zero-order chi connectivity index (χ0) is 11.2. The van der Waals surface area contributed by atoms with E-state index < -0.39 is 0 Å². The molecule has 0 amide bonds. The monoisotopic (exact) mass is 221 g/mol. The molecule has 1 fully saturated rings. The lowest BCUT2D eigenvalue weighted by Gasteiger charge is -2.17. The van der Waals surface area contributed by atoms with E-state index in [-0.39, 0.29) is 0 Å². The maximum atomic E-state index is 4.29. The van der Waals surface area contributed by atoms with E-state index in [2.05, 4.69) is 22.3 Å². The van der Waals surface area contributed by atoms with Gasteiger partial charge < -0.3 is 10.3 Å². The van der Waals surface area contributed by atoms with Crippen LogP contribution in [0, 0.1) is 5.92 Å². The number of rotatable bonds is 6. The number of H-pyrrole nitrogens is 1. The van der Waals surface area contributed by atoms with Crippen LogP contribution >= 0.6 is 0 Å². The third kappa shape index (κ3) is 3.34. The van der Waals surface area contributed by atoms with Crippen molar-refractivity contribution in [2.75, 3.05) is 7.05 Å². The van der Waals surface area contributed by atoms with E-state index in [1.165, 1.54) is 38.5 Å². The second-order valence-corrected chi connectivity index (χ2v) is 4.95. The van der Waals surface area contributed by atoms with Gasteiger partial charge in [-0.1, -0.05) is 25.7 Å². The van der Waals surface area contributed by atoms with Crippen molar-refractivity contribution >= 4 is 0 Å². The molecule has 0 aliphatic heterocycles. The van der Waals surface area contributed by atoms with Gasteiger partial charge in [0, 0.05) is 24.9 Å². The molecule has 1 aromatic rings. The number of nitrogens with zero attached hydrogens (tertiary/aromatic N) is 1. The van der Waals surface area contributed by atoms with Gasteiger partial charge >= 0.3 is 0 Å². The number of hydrogen-bond acceptors (Lipinski definition) is 2. The first kappa shape index (κ1) is 11.6. The van der Waals surface area contributed by atoms with Gasteiger partial charge in [-0.2, -0.15) is 0 Å². The Bertz CT molecular complexity index is 275. The molecular formula is C13H23N3. The molecule has 90 valence electrons. The van der Waals surface area contributed by atoms with Crippen molar-refractivity contribution in [2.24, 2.45) is 5.92 Å². The average molecular weight is 221 g/mol. The molecule has 1 aliphatic carbocycles. The Morgan fingerprint density at radius 2 is 2.31 bits per heavy atom. The topological polar surface area (TPSA) is 40.7 Å². The normalized spacial score (nSPS) is 19.1. The summed E-state index contributed by atoms with van der Waals surface area (Å²) in [5, 5.41) is 3.40. The van der Waals surface area contributed by atoms with Crippen molar-refractivity contribution in [3.8, 4) is 0 Å². The zero-order valence-corrected chi connectivity index (χ0v) is 10.2. The molecule has 1 aromatic heterocycles. The molecule has 2 rings (SSSR count). The van der Waals surface area contributed by atoms with Gasteiger partial charge in [0.15, 0.2) is 0 Å². The summed E-state index contributed by atoms with van der Waals surface area (Å²) in [6.07, 6.45) is 13.2. The van der Waals surface area contributed by atoms with Gasteiger partial charge in [-0.05, 0) is 25.8 Å². The first-order chi connectivity index (χ1) is 7.88. The highest BCUT2D eigenvalue weighted by Crippen LogP contribution is 2.29. The van der Waals surface area contributed by atoms with Crippen LogP contribution in [0.25, 0.3) is 0 Å². The van der Waals surface area contributed by atoms with Gasteiger partial charge in [-0.25, -0.2) is 4.98 Å². The highest BCUT2D eigenvalue weighted by Gasteiger charge is 2.17. The number of hydrogen-bond donors (Lipinski definition) is 2. The number of imidazole rings is 1. The smallest absolute Gasteiger partial charge is 0.107 e. The summed E-state index contributed by atoms with van der Waals surface area (Å²) in [5.41, 5.74) is 0. The van der Waals surface area contributed by atoms with Gasteiger partial charge in [0.1, 0.15) is 5.82 Å². The van der Waals surface area contributed by atoms with Crippen molar-refractivity contribution in [3.63, 3.8) is 0 Å². The summed E-state index contributed by atoms with van der Waals surface area (Å²) < 4.78 is 0. The third-order valence-electron chi connectivity index (χ3n) is 3.80. The van der Waals surface area contributed by atoms with Crippen LogP contribution in [-0.2, 0) is 6.42 Å². The highest BCUT2D eigenvalue weighted by molar-refractivity contribution is 4.91. The van der Waals surface area contributed by atoms with E-state index in [1.54, 1.807) is 0 Å². The fourth-order valence-corrected chi connectivity index (χ4v) is 2.73. The standard InChI is InChI=1S/C13H23N3/c1-14-12(10-13-15-8-9-16-13)7-6-11-4-2-3-5-11/h8-9,11-12,14H,2-7,10H2,1H3,(H,15,16). The fraction of sp³-hybridized carbons (Fsp3) is 0.769. The number of aromatic amines is 1. The van der Waals surface area contributed by atoms with Crippen LogP contribution in [0.2, 0.25) is 0 Å². The van der Waals surface area contributed by atoms with Gasteiger partial charge in [0.25, 0.3) is 0 Å². The third-order valence-corrected chi connectivity index (χ3v) is 3.80. The van der Waals surface area contributed by atoms with Crippen LogP contribution in [0.5, 0.6) is 0 Å². The van der Waals surface area contributed by atoms with E-state index >= 15 is 0 Å². The van der Waals surface area contributed by atoms with Gasteiger partial charge in [-0.3, -0.25) is 0 Å². The van der Waals surface area contributed by atoms with Crippen LogP contribution in [0.4, 0.5) is 0 Å². The van der Waals surface area contributed by atoms with Crippen LogP contribution in [-0.4, -0.2) is 23.1 Å². The lowest BCUT2D eigenvalue weighted by Crippen LogP contribution is -2.28. The molecule has 3 nitrogen and oxygen atoms in total. The number of likely N-dealkylation sites (N-methyl/N-ethyl adjacent to an activating group) is 1. The Labute approximate surface area is 98.1 Å². The van der Waals surface area contributed by atoms with Crippen molar-refractivity contribution in [1.29, 1.82) is 0 Å². The summed E-state index contributed by atoms with van der Waals surface area (Å²) in [6, 6.07) is 0.576. The first-order valence-corrected chi connectivity index (χ1v) is 6.54. The maximum absolute atomic E-state index is 4.29. The zero-order valence-electron chi connectivity index (χ0n) is 10.2. The molecule has 0 aromatic carbocycles. The van der Waals surface area contributed by atoms with Gasteiger partial charge in [-0.15, -0.1) is 0 Å². The quantitative estimate of drug-likeness (QED) is 0.775. The summed E-state index contributed by atoms with van der Waals surface area (Å²) in [5.74, 6) is 2.10. The molecule has 0 spiro atoms. The predicted molar refractivity (Wildman–Crippen MR) is 66.3 cm³/mol. The van der Waals surface area contributed by atoms with Gasteiger partial charge in [0.05, 0.1) is 0 Å². The fourth-order valence-electron chi connectivity index (χ4n) is 2.73. The SMILES string of the molecule is CNC(CCC1CCCC1)Cc1ncc[nH]1. The van der Waals surface area contributed by atoms with Crippen LogP contribution < -0.4 is 5.32 Å². The summed E-state index contributed by atoms with van der Waals surface area (Å²) in [7, 11) is 2.06. The average Bonchev–Trinajstić information content (AvgIpc) is 2.97. The molecule has 1 heterocycles. The minimum atomic E-state index is 0.576. The molecule has 3 heteroatoms. The molecule has 2 N–H and O–H groups in total. The first-order valence-electron chi connectivity index (χ1n) is 6.54. The number of nitrogens with one attached hydrogen (secondary N) is 2. The minimum Gasteiger partial charge on any atom is -0.349 e. The Balaban J connectivity index is 1.72. The molecule has 16 heavy (non-hydrogen) atoms. The van der Waals surface area contributed by atoms with Crippen LogP contribution in [0.3, 0.4) is 0 Å². The largest absolute Gasteiger partial charge is 0.349 e. The van der Waals surface area contributed by atoms with Gasteiger partial charge in [0.2, 0.25) is 0 Å². The van der Waals surface area contributed by atoms with Crippen molar-refractivity contribution in [3.05, 3.63) is 18.2 Å². The molecule has 1 atom stereocenters. The van der Waals surface area contributed by atoms with Crippen molar-refractivity contribution < 1.29 is 0 Å². The molecule has 0 saturated heterocycles. The second-order valence-electron chi connectivity index (χ2n) is 4.95. The summed E-state index contributed by atoms with van der Waals surface area (Å²) in [6.45, 7) is 0. The Kier molecular flexibility index (Phi) is 4.40. The Morgan fingerprint density at radius 1 is 1.50 bits per heavy atom. The predicted octanol–water partition coefficient (Wildman–Crippen LogP) is 2.51. The Hall–Kier alpha value is -0.830. The highest BCUT2D eigenvalue weighted by atomic mass is 14.9. The van der Waals surface area contributed by atoms with E-state index in [0.717, 1.165) is 18.2 Å². The lowest BCUT2D eigenvalue weighted by atomic mass is 9.97. The minimum absolute atomic E-state index is 0.576. The van der Waals surface area contributed by atoms with E-state index in [4.69, 9.17) is 0 Å². The lowest BCUT2D eigenvalue weighted by molar-refractivity contribution is 0.415. The molecule has 1 aliphatic rings. The van der Waals surface area contributed by atoms with E-state index in [0.29, 0.717) is 6.04 Å². The van der Waals surface area contributed by atoms with Crippen molar-refractivity contribution in [2.45, 2.75) is 51.0 Å². The van der Waals surface area contributed by atoms with Crippen molar-refractivity contribution in [1.82, 2.24) is 15.3 Å². The molecule has 0 bridgehead atoms. The van der Waals surface area contributed by atoms with Crippen LogP contribution in [0.15, 0.2) is 12.4 Å². The van der Waals surface area contributed by atoms with E-state index in [9.17, 15) is 0 Å². The summed E-state index contributed by atoms with van der Waals surface area (Å²) in [4.78, 5) is 7.47. The second kappa shape index (κ2) is 6.04. The van der Waals surface area contributed by atoms with Crippen LogP contribution in [0.1, 0.15) is 44.3 Å². The molecule has 1 saturated carbocycles. The maximum Gasteiger partial charge on any atom is 0.107 e.